The Hall–Kier alpha value is -3.05. The molecule has 4 N–H and O–H groups in total. The van der Waals surface area contributed by atoms with E-state index in [4.69, 9.17) is 11.5 Å². The molecule has 0 radical (unpaired) electrons. The number of carboxylic acid groups (broad SMARTS) is 1. The Morgan fingerprint density at radius 3 is 2.69 bits per heavy atom. The van der Waals surface area contributed by atoms with E-state index in [0.717, 1.165) is 31.9 Å². The lowest BCUT2D eigenvalue weighted by molar-refractivity contribution is -0.137. The highest BCUT2D eigenvalue weighted by Gasteiger charge is 2.16. The standard InChI is InChI=1S/C18H22N4O4/c1-2-14(11-17(24)25)21-16(23)12-20-18(26)13-4-3-5-15(10-13)22-8-6-19-7-9-22/h1,3-5,10,14,19H,6-9,11-12H2,(H,20,26)(H,21,23)(H,24,25)/t14-/m1/s1. The Morgan fingerprint density at radius 1 is 1.31 bits per heavy atom. The van der Waals surface area contributed by atoms with E-state index in [2.05, 4.69) is 26.8 Å². The van der Waals surface area contributed by atoms with Gasteiger partial charge in [-0.15, -0.1) is 6.42 Å². The smallest absolute Gasteiger partial charge is 0.306 e. The van der Waals surface area contributed by atoms with Crippen LogP contribution in [0.3, 0.4) is 0 Å². The zero-order valence-corrected chi connectivity index (χ0v) is 14.3. The van der Waals surface area contributed by atoms with Gasteiger partial charge in [-0.1, -0.05) is 12.0 Å². The van der Waals surface area contributed by atoms with Crippen molar-refractivity contribution in [2.75, 3.05) is 37.6 Å². The van der Waals surface area contributed by atoms with Gasteiger partial charge in [-0.2, -0.15) is 0 Å². The van der Waals surface area contributed by atoms with Crippen LogP contribution in [0.5, 0.6) is 0 Å². The third-order valence-corrected chi connectivity index (χ3v) is 3.92. The highest BCUT2D eigenvalue weighted by Crippen LogP contribution is 2.16. The van der Waals surface area contributed by atoms with E-state index in [0.29, 0.717) is 5.56 Å². The highest BCUT2D eigenvalue weighted by atomic mass is 16.4. The van der Waals surface area contributed by atoms with Crippen LogP contribution < -0.4 is 20.9 Å². The number of rotatable bonds is 7. The van der Waals surface area contributed by atoms with Crippen molar-refractivity contribution in [2.24, 2.45) is 0 Å². The zero-order chi connectivity index (χ0) is 18.9. The molecule has 0 unspecified atom stereocenters. The molecule has 0 aliphatic carbocycles. The fraction of sp³-hybridized carbons (Fsp3) is 0.389. The molecule has 1 heterocycles. The molecule has 26 heavy (non-hydrogen) atoms. The molecule has 1 atom stereocenters. The number of carbonyl (C=O) groups excluding carboxylic acids is 2. The van der Waals surface area contributed by atoms with Gasteiger partial charge in [0.15, 0.2) is 0 Å². The first-order chi connectivity index (χ1) is 12.5. The lowest BCUT2D eigenvalue weighted by Gasteiger charge is -2.29. The fourth-order valence-corrected chi connectivity index (χ4v) is 2.60. The van der Waals surface area contributed by atoms with Crippen molar-refractivity contribution in [3.05, 3.63) is 29.8 Å². The van der Waals surface area contributed by atoms with Gasteiger partial charge >= 0.3 is 5.97 Å². The number of hydrogen-bond donors (Lipinski definition) is 4. The summed E-state index contributed by atoms with van der Waals surface area (Å²) >= 11 is 0. The summed E-state index contributed by atoms with van der Waals surface area (Å²) in [6.45, 7) is 3.23. The van der Waals surface area contributed by atoms with Crippen LogP contribution in [0.25, 0.3) is 0 Å². The Balaban J connectivity index is 1.88. The van der Waals surface area contributed by atoms with Crippen molar-refractivity contribution in [3.63, 3.8) is 0 Å². The maximum absolute atomic E-state index is 12.3. The number of terminal acetylenes is 1. The van der Waals surface area contributed by atoms with E-state index in [1.54, 1.807) is 18.2 Å². The van der Waals surface area contributed by atoms with E-state index in [1.165, 1.54) is 0 Å². The number of piperazine rings is 1. The molecule has 0 bridgehead atoms. The van der Waals surface area contributed by atoms with Crippen LogP contribution >= 0.6 is 0 Å². The minimum Gasteiger partial charge on any atom is -0.481 e. The summed E-state index contributed by atoms with van der Waals surface area (Å²) in [7, 11) is 0. The van der Waals surface area contributed by atoms with Gasteiger partial charge < -0.3 is 26.0 Å². The van der Waals surface area contributed by atoms with Crippen molar-refractivity contribution < 1.29 is 19.5 Å². The summed E-state index contributed by atoms with van der Waals surface area (Å²) in [6, 6.07) is 6.29. The Morgan fingerprint density at radius 2 is 2.04 bits per heavy atom. The monoisotopic (exact) mass is 358 g/mol. The molecule has 0 spiro atoms. The van der Waals surface area contributed by atoms with Gasteiger partial charge in [-0.25, -0.2) is 0 Å². The van der Waals surface area contributed by atoms with Crippen molar-refractivity contribution >= 4 is 23.5 Å². The van der Waals surface area contributed by atoms with E-state index in [9.17, 15) is 14.4 Å². The van der Waals surface area contributed by atoms with Crippen LogP contribution in [-0.4, -0.2) is 61.7 Å². The highest BCUT2D eigenvalue weighted by molar-refractivity contribution is 5.97. The van der Waals surface area contributed by atoms with Gasteiger partial charge in [0.05, 0.1) is 13.0 Å². The number of hydrogen-bond acceptors (Lipinski definition) is 5. The summed E-state index contributed by atoms with van der Waals surface area (Å²) in [4.78, 5) is 36.9. The minimum absolute atomic E-state index is 0.283. The predicted octanol–water partition coefficient (Wildman–Crippen LogP) is -0.581. The van der Waals surface area contributed by atoms with E-state index in [1.807, 2.05) is 6.07 Å². The number of anilines is 1. The molecule has 1 aromatic carbocycles. The van der Waals surface area contributed by atoms with Gasteiger partial charge in [-0.3, -0.25) is 14.4 Å². The summed E-state index contributed by atoms with van der Waals surface area (Å²) in [5, 5.41) is 16.9. The van der Waals surface area contributed by atoms with Crippen LogP contribution in [0.1, 0.15) is 16.8 Å². The Labute approximate surface area is 151 Å². The molecule has 8 nitrogen and oxygen atoms in total. The first kappa shape index (κ1) is 19.3. The first-order valence-corrected chi connectivity index (χ1v) is 8.31. The van der Waals surface area contributed by atoms with E-state index < -0.39 is 17.9 Å². The van der Waals surface area contributed by atoms with Crippen molar-refractivity contribution in [1.82, 2.24) is 16.0 Å². The van der Waals surface area contributed by atoms with Gasteiger partial charge in [0.25, 0.3) is 5.91 Å². The van der Waals surface area contributed by atoms with Crippen molar-refractivity contribution in [3.8, 4) is 12.3 Å². The van der Waals surface area contributed by atoms with Gasteiger partial charge in [0, 0.05) is 37.4 Å². The van der Waals surface area contributed by atoms with Crippen LogP contribution in [0.4, 0.5) is 5.69 Å². The number of aliphatic carboxylic acids is 1. The topological polar surface area (TPSA) is 111 Å². The van der Waals surface area contributed by atoms with Crippen LogP contribution in [-0.2, 0) is 9.59 Å². The summed E-state index contributed by atoms with van der Waals surface area (Å²) in [6.07, 6.45) is 4.81. The third-order valence-electron chi connectivity index (χ3n) is 3.92. The molecule has 1 fully saturated rings. The molecular weight excluding hydrogens is 336 g/mol. The molecule has 1 saturated heterocycles. The first-order valence-electron chi connectivity index (χ1n) is 8.31. The summed E-state index contributed by atoms with van der Waals surface area (Å²) in [5.74, 6) is 0.159. The van der Waals surface area contributed by atoms with E-state index in [-0.39, 0.29) is 18.9 Å². The average molecular weight is 358 g/mol. The van der Waals surface area contributed by atoms with Gasteiger partial charge in [-0.05, 0) is 18.2 Å². The second-order valence-corrected chi connectivity index (χ2v) is 5.85. The number of benzene rings is 1. The van der Waals surface area contributed by atoms with Gasteiger partial charge in [0.1, 0.15) is 6.04 Å². The number of amides is 2. The third kappa shape index (κ3) is 5.79. The molecule has 0 aromatic heterocycles. The number of carbonyl (C=O) groups is 3. The molecule has 1 aliphatic heterocycles. The number of carboxylic acids is 1. The van der Waals surface area contributed by atoms with E-state index >= 15 is 0 Å². The lowest BCUT2D eigenvalue weighted by atomic mass is 10.1. The Bertz CT molecular complexity index is 707. The second-order valence-electron chi connectivity index (χ2n) is 5.85. The normalized spacial score (nSPS) is 14.8. The largest absolute Gasteiger partial charge is 0.481 e. The SMILES string of the molecule is C#C[C@H](CC(=O)O)NC(=O)CNC(=O)c1cccc(N2CCNCC2)c1. The lowest BCUT2D eigenvalue weighted by Crippen LogP contribution is -2.43. The van der Waals surface area contributed by atoms with Crippen LogP contribution in [0, 0.1) is 12.3 Å². The molecule has 0 saturated carbocycles. The van der Waals surface area contributed by atoms with Gasteiger partial charge in [0.2, 0.25) is 5.91 Å². The van der Waals surface area contributed by atoms with Crippen LogP contribution in [0.15, 0.2) is 24.3 Å². The Kier molecular flexibility index (Phi) is 7.00. The summed E-state index contributed by atoms with van der Waals surface area (Å²) in [5.41, 5.74) is 1.41. The number of nitrogens with zero attached hydrogens (tertiary/aromatic N) is 1. The quantitative estimate of drug-likeness (QED) is 0.486. The zero-order valence-electron chi connectivity index (χ0n) is 14.3. The molecule has 1 aromatic rings. The number of nitrogens with one attached hydrogen (secondary N) is 3. The molecule has 2 rings (SSSR count). The second kappa shape index (κ2) is 9.44. The molecule has 8 heteroatoms. The predicted molar refractivity (Wildman–Crippen MR) is 96.9 cm³/mol. The van der Waals surface area contributed by atoms with Crippen LogP contribution in [0.2, 0.25) is 0 Å². The molecule has 1 aliphatic rings. The maximum Gasteiger partial charge on any atom is 0.306 e. The molecule has 2 amide bonds. The average Bonchev–Trinajstić information content (AvgIpc) is 2.66. The van der Waals surface area contributed by atoms with Crippen molar-refractivity contribution in [1.29, 1.82) is 0 Å². The minimum atomic E-state index is -1.11. The molecular formula is C18H22N4O4. The summed E-state index contributed by atoms with van der Waals surface area (Å²) < 4.78 is 0. The van der Waals surface area contributed by atoms with Crippen molar-refractivity contribution in [2.45, 2.75) is 12.5 Å². The molecule has 138 valence electrons. The maximum atomic E-state index is 12.3. The fourth-order valence-electron chi connectivity index (χ4n) is 2.60.